The molecule has 0 saturated heterocycles. The molecule has 2 aromatic heterocycles. The zero-order valence-electron chi connectivity index (χ0n) is 19.1. The number of nitrogens with one attached hydrogen (secondary N) is 2. The molecule has 1 amide bonds. The standard InChI is InChI=1S/C25H29N5O3S/c31-21(14-15-34-25-27-20-9-5-4-8-19(20)22(32)28-25)26-18-12-10-17(11-13-18)24-30-29-23(33-24)16-6-2-1-3-7-16/h1-3,6-7,17-18H,4-5,8-15H2,(H,26,31)(H,27,28,32). The van der Waals surface area contributed by atoms with Gasteiger partial charge in [-0.25, -0.2) is 4.98 Å². The summed E-state index contributed by atoms with van der Waals surface area (Å²) in [5.74, 6) is 2.11. The first kappa shape index (κ1) is 22.8. The Bertz CT molecular complexity index is 1180. The molecular formula is C25H29N5O3S. The number of aromatic amines is 1. The summed E-state index contributed by atoms with van der Waals surface area (Å²) in [5.41, 5.74) is 2.66. The van der Waals surface area contributed by atoms with Gasteiger partial charge in [-0.05, 0) is 63.5 Å². The summed E-state index contributed by atoms with van der Waals surface area (Å²) >= 11 is 1.44. The Hall–Kier alpha value is -2.94. The van der Waals surface area contributed by atoms with Gasteiger partial charge in [0.25, 0.3) is 5.56 Å². The molecule has 0 atom stereocenters. The first-order chi connectivity index (χ1) is 16.7. The predicted molar refractivity (Wildman–Crippen MR) is 130 cm³/mol. The van der Waals surface area contributed by atoms with E-state index < -0.39 is 0 Å². The number of hydrogen-bond acceptors (Lipinski definition) is 7. The third-order valence-corrected chi connectivity index (χ3v) is 7.52. The fourth-order valence-electron chi connectivity index (χ4n) is 4.77. The molecule has 2 N–H and O–H groups in total. The topological polar surface area (TPSA) is 114 Å². The maximum absolute atomic E-state index is 12.5. The van der Waals surface area contributed by atoms with Crippen LogP contribution in [0, 0.1) is 0 Å². The van der Waals surface area contributed by atoms with Gasteiger partial charge in [-0.3, -0.25) is 9.59 Å². The van der Waals surface area contributed by atoms with E-state index in [2.05, 4.69) is 25.5 Å². The van der Waals surface area contributed by atoms with Crippen LogP contribution in [0.5, 0.6) is 0 Å². The number of H-pyrrole nitrogens is 1. The molecule has 0 spiro atoms. The molecule has 0 radical (unpaired) electrons. The molecule has 9 heteroatoms. The van der Waals surface area contributed by atoms with E-state index in [1.807, 2.05) is 30.3 Å². The number of thioether (sulfide) groups is 1. The van der Waals surface area contributed by atoms with E-state index in [9.17, 15) is 9.59 Å². The average Bonchev–Trinajstić information content (AvgIpc) is 3.36. The molecule has 0 bridgehead atoms. The van der Waals surface area contributed by atoms with Crippen LogP contribution in [0.15, 0.2) is 44.7 Å². The van der Waals surface area contributed by atoms with Crippen molar-refractivity contribution in [1.29, 1.82) is 0 Å². The summed E-state index contributed by atoms with van der Waals surface area (Å²) in [7, 11) is 0. The van der Waals surface area contributed by atoms with Crippen LogP contribution < -0.4 is 10.9 Å². The molecule has 178 valence electrons. The molecule has 8 nitrogen and oxygen atoms in total. The molecule has 2 aliphatic carbocycles. The average molecular weight is 480 g/mol. The number of rotatable bonds is 7. The Kier molecular flexibility index (Phi) is 7.08. The highest BCUT2D eigenvalue weighted by Gasteiger charge is 2.27. The van der Waals surface area contributed by atoms with Crippen LogP contribution >= 0.6 is 11.8 Å². The van der Waals surface area contributed by atoms with E-state index >= 15 is 0 Å². The van der Waals surface area contributed by atoms with Gasteiger partial charge in [0, 0.05) is 35.3 Å². The lowest BCUT2D eigenvalue weighted by molar-refractivity contribution is -0.121. The van der Waals surface area contributed by atoms with E-state index in [-0.39, 0.29) is 23.4 Å². The normalized spacial score (nSPS) is 20.0. The third kappa shape index (κ3) is 5.41. The van der Waals surface area contributed by atoms with E-state index in [0.717, 1.165) is 68.2 Å². The minimum atomic E-state index is -0.0226. The molecule has 2 aliphatic rings. The van der Waals surface area contributed by atoms with Gasteiger partial charge in [0.05, 0.1) is 5.69 Å². The van der Waals surface area contributed by atoms with Gasteiger partial charge in [0.2, 0.25) is 17.7 Å². The number of benzene rings is 1. The van der Waals surface area contributed by atoms with E-state index in [4.69, 9.17) is 4.42 Å². The van der Waals surface area contributed by atoms with Crippen LogP contribution in [-0.4, -0.2) is 37.9 Å². The number of nitrogens with zero attached hydrogens (tertiary/aromatic N) is 3. The van der Waals surface area contributed by atoms with Gasteiger partial charge in [-0.1, -0.05) is 30.0 Å². The van der Waals surface area contributed by atoms with Gasteiger partial charge in [0.1, 0.15) is 0 Å². The van der Waals surface area contributed by atoms with Gasteiger partial charge < -0.3 is 14.7 Å². The van der Waals surface area contributed by atoms with E-state index in [1.165, 1.54) is 11.8 Å². The maximum atomic E-state index is 12.5. The van der Waals surface area contributed by atoms with Crippen LogP contribution in [0.25, 0.3) is 11.5 Å². The lowest BCUT2D eigenvalue weighted by atomic mass is 9.86. The number of fused-ring (bicyclic) bond motifs is 1. The van der Waals surface area contributed by atoms with Crippen LogP contribution in [0.2, 0.25) is 0 Å². The second kappa shape index (κ2) is 10.5. The molecule has 5 rings (SSSR count). The molecule has 1 saturated carbocycles. The van der Waals surface area contributed by atoms with Crippen LogP contribution in [0.1, 0.15) is 68.0 Å². The maximum Gasteiger partial charge on any atom is 0.254 e. The van der Waals surface area contributed by atoms with Crippen molar-refractivity contribution in [2.75, 3.05) is 5.75 Å². The fourth-order valence-corrected chi connectivity index (χ4v) is 5.59. The summed E-state index contributed by atoms with van der Waals surface area (Å²) in [4.78, 5) is 32.2. The van der Waals surface area contributed by atoms with Crippen LogP contribution in [0.4, 0.5) is 0 Å². The monoisotopic (exact) mass is 479 g/mol. The predicted octanol–water partition coefficient (Wildman–Crippen LogP) is 4.02. The minimum Gasteiger partial charge on any atom is -0.420 e. The summed E-state index contributed by atoms with van der Waals surface area (Å²) in [6.45, 7) is 0. The Morgan fingerprint density at radius 2 is 1.88 bits per heavy atom. The summed E-state index contributed by atoms with van der Waals surface area (Å²) in [6.07, 6.45) is 7.83. The lowest BCUT2D eigenvalue weighted by Crippen LogP contribution is -2.37. The highest BCUT2D eigenvalue weighted by molar-refractivity contribution is 7.99. The molecule has 1 fully saturated rings. The highest BCUT2D eigenvalue weighted by Crippen LogP contribution is 2.33. The zero-order chi connectivity index (χ0) is 23.3. The van der Waals surface area contributed by atoms with Crippen molar-refractivity contribution in [3.05, 3.63) is 57.8 Å². The zero-order valence-corrected chi connectivity index (χ0v) is 19.9. The Morgan fingerprint density at radius 3 is 2.71 bits per heavy atom. The summed E-state index contributed by atoms with van der Waals surface area (Å²) in [6, 6.07) is 9.96. The van der Waals surface area contributed by atoms with Crippen molar-refractivity contribution in [3.63, 3.8) is 0 Å². The van der Waals surface area contributed by atoms with E-state index in [0.29, 0.717) is 29.1 Å². The number of aryl methyl sites for hydroxylation is 1. The first-order valence-corrected chi connectivity index (χ1v) is 13.1. The van der Waals surface area contributed by atoms with Gasteiger partial charge >= 0.3 is 0 Å². The molecule has 0 unspecified atom stereocenters. The number of aromatic nitrogens is 4. The Balaban J connectivity index is 1.06. The Morgan fingerprint density at radius 1 is 1.09 bits per heavy atom. The molecule has 1 aromatic carbocycles. The lowest BCUT2D eigenvalue weighted by Gasteiger charge is -2.27. The molecule has 0 aliphatic heterocycles. The largest absolute Gasteiger partial charge is 0.420 e. The van der Waals surface area contributed by atoms with Crippen LogP contribution in [-0.2, 0) is 17.6 Å². The summed E-state index contributed by atoms with van der Waals surface area (Å²) < 4.78 is 5.92. The molecular weight excluding hydrogens is 450 g/mol. The molecule has 3 aromatic rings. The van der Waals surface area contributed by atoms with Gasteiger partial charge in [-0.2, -0.15) is 0 Å². The van der Waals surface area contributed by atoms with Crippen LogP contribution in [0.3, 0.4) is 0 Å². The molecule has 34 heavy (non-hydrogen) atoms. The van der Waals surface area contributed by atoms with Gasteiger partial charge in [-0.15, -0.1) is 10.2 Å². The SMILES string of the molecule is O=C(CCSc1nc2c(c(=O)[nH]1)CCCC2)NC1CCC(c2nnc(-c3ccccc3)o2)CC1. The second-order valence-corrected chi connectivity index (χ2v) is 10.1. The number of carbonyl (C=O) groups excluding carboxylic acids is 1. The quantitative estimate of drug-likeness (QED) is 0.388. The van der Waals surface area contributed by atoms with Gasteiger partial charge in [0.15, 0.2) is 5.16 Å². The van der Waals surface area contributed by atoms with Crippen molar-refractivity contribution >= 4 is 17.7 Å². The first-order valence-electron chi connectivity index (χ1n) is 12.1. The minimum absolute atomic E-state index is 0.0226. The summed E-state index contributed by atoms with van der Waals surface area (Å²) in [5, 5.41) is 12.2. The van der Waals surface area contributed by atoms with Crippen molar-refractivity contribution < 1.29 is 9.21 Å². The van der Waals surface area contributed by atoms with Crippen molar-refractivity contribution in [2.45, 2.75) is 74.9 Å². The third-order valence-electron chi connectivity index (χ3n) is 6.64. The Labute approximate surface area is 202 Å². The number of amides is 1. The highest BCUT2D eigenvalue weighted by atomic mass is 32.2. The smallest absolute Gasteiger partial charge is 0.254 e. The fraction of sp³-hybridized carbons (Fsp3) is 0.480. The van der Waals surface area contributed by atoms with Crippen molar-refractivity contribution in [3.8, 4) is 11.5 Å². The van der Waals surface area contributed by atoms with Crippen molar-refractivity contribution in [1.82, 2.24) is 25.5 Å². The molecule has 2 heterocycles. The van der Waals surface area contributed by atoms with E-state index in [1.54, 1.807) is 0 Å². The number of hydrogen-bond donors (Lipinski definition) is 2. The second-order valence-electron chi connectivity index (χ2n) is 9.03. The number of carbonyl (C=O) groups is 1. The van der Waals surface area contributed by atoms with Crippen molar-refractivity contribution in [2.24, 2.45) is 0 Å².